The first-order valence-electron chi connectivity index (χ1n) is 7.88. The predicted octanol–water partition coefficient (Wildman–Crippen LogP) is 0.00930. The van der Waals surface area contributed by atoms with E-state index in [0.29, 0.717) is 24.9 Å². The molecule has 7 heteroatoms. The van der Waals surface area contributed by atoms with Gasteiger partial charge >= 0.3 is 0 Å². The van der Waals surface area contributed by atoms with Gasteiger partial charge < -0.3 is 20.3 Å². The molecule has 7 nitrogen and oxygen atoms in total. The maximum Gasteiger partial charge on any atom is 0.235 e. The van der Waals surface area contributed by atoms with Crippen LogP contribution in [0.25, 0.3) is 0 Å². The molecule has 122 valence electrons. The van der Waals surface area contributed by atoms with Crippen LogP contribution in [-0.4, -0.2) is 67.5 Å². The highest BCUT2D eigenvalue weighted by Gasteiger charge is 2.51. The Balaban J connectivity index is 1.64. The van der Waals surface area contributed by atoms with E-state index in [1.54, 1.807) is 0 Å². The number of carbonyl (C=O) groups excluding carboxylic acids is 1. The molecular weight excluding hydrogens is 282 g/mol. The molecular formula is C15H25N5O2. The molecule has 2 atom stereocenters. The van der Waals surface area contributed by atoms with Crippen molar-refractivity contribution in [2.75, 3.05) is 52.3 Å². The molecule has 2 saturated heterocycles. The van der Waals surface area contributed by atoms with Crippen molar-refractivity contribution in [1.29, 1.82) is 0 Å². The molecule has 2 aliphatic rings. The van der Waals surface area contributed by atoms with Crippen molar-refractivity contribution in [3.8, 4) is 0 Å². The van der Waals surface area contributed by atoms with Gasteiger partial charge in [-0.25, -0.2) is 0 Å². The summed E-state index contributed by atoms with van der Waals surface area (Å²) in [6.45, 7) is 4.55. The van der Waals surface area contributed by atoms with Gasteiger partial charge in [0.05, 0.1) is 18.6 Å². The molecule has 2 aliphatic heterocycles. The number of nitrogens with zero attached hydrogens (tertiary/aromatic N) is 3. The third-order valence-electron chi connectivity index (χ3n) is 4.69. The molecule has 0 bridgehead atoms. The second-order valence-corrected chi connectivity index (χ2v) is 6.55. The minimum atomic E-state index is -0.439. The number of hydrogen-bond donors (Lipinski definition) is 2. The number of anilines is 1. The molecule has 0 aliphatic carbocycles. The number of carbonyl (C=O) groups is 1. The van der Waals surface area contributed by atoms with Crippen LogP contribution in [0.1, 0.15) is 6.42 Å². The molecule has 0 aromatic carbocycles. The number of ether oxygens (including phenoxy) is 1. The van der Waals surface area contributed by atoms with Gasteiger partial charge in [-0.05, 0) is 33.0 Å². The van der Waals surface area contributed by atoms with Crippen molar-refractivity contribution >= 4 is 11.7 Å². The van der Waals surface area contributed by atoms with Crippen LogP contribution in [0.5, 0.6) is 0 Å². The Kier molecular flexibility index (Phi) is 4.46. The van der Waals surface area contributed by atoms with E-state index in [9.17, 15) is 4.79 Å². The summed E-state index contributed by atoms with van der Waals surface area (Å²) in [7, 11) is 4.06. The normalized spacial score (nSPS) is 27.9. The van der Waals surface area contributed by atoms with E-state index in [-0.39, 0.29) is 5.91 Å². The van der Waals surface area contributed by atoms with Gasteiger partial charge in [0.1, 0.15) is 0 Å². The van der Waals surface area contributed by atoms with E-state index in [0.717, 1.165) is 32.7 Å². The minimum absolute atomic E-state index is 0.0278. The van der Waals surface area contributed by atoms with Gasteiger partial charge in [-0.15, -0.1) is 0 Å². The van der Waals surface area contributed by atoms with Crippen LogP contribution in [0.3, 0.4) is 0 Å². The Morgan fingerprint density at radius 1 is 1.64 bits per heavy atom. The van der Waals surface area contributed by atoms with Gasteiger partial charge in [-0.2, -0.15) is 5.10 Å². The summed E-state index contributed by atoms with van der Waals surface area (Å²) >= 11 is 0. The van der Waals surface area contributed by atoms with E-state index >= 15 is 0 Å². The number of likely N-dealkylation sites (N-methyl/N-ethyl adjacent to an activating group) is 1. The lowest BCUT2D eigenvalue weighted by Crippen LogP contribution is -2.49. The van der Waals surface area contributed by atoms with Crippen molar-refractivity contribution in [2.45, 2.75) is 13.0 Å². The van der Waals surface area contributed by atoms with E-state index in [2.05, 4.69) is 20.6 Å². The Bertz CT molecular complexity index is 530. The SMILES string of the molecule is CN(C)CCn1ccc(NC(=O)[C@]23CNC[C@H]2CCOC3)n1. The summed E-state index contributed by atoms with van der Waals surface area (Å²) in [5.41, 5.74) is -0.439. The number of rotatable bonds is 5. The zero-order valence-electron chi connectivity index (χ0n) is 13.3. The van der Waals surface area contributed by atoms with Crippen molar-refractivity contribution in [1.82, 2.24) is 20.0 Å². The molecule has 0 spiro atoms. The van der Waals surface area contributed by atoms with Crippen LogP contribution in [0.4, 0.5) is 5.82 Å². The highest BCUT2D eigenvalue weighted by atomic mass is 16.5. The largest absolute Gasteiger partial charge is 0.380 e. The highest BCUT2D eigenvalue weighted by Crippen LogP contribution is 2.38. The lowest BCUT2D eigenvalue weighted by atomic mass is 9.75. The average molecular weight is 307 g/mol. The van der Waals surface area contributed by atoms with Crippen molar-refractivity contribution < 1.29 is 9.53 Å². The summed E-state index contributed by atoms with van der Waals surface area (Å²) in [6, 6.07) is 1.85. The first kappa shape index (κ1) is 15.5. The van der Waals surface area contributed by atoms with Crippen LogP contribution in [-0.2, 0) is 16.1 Å². The van der Waals surface area contributed by atoms with Crippen LogP contribution in [0.15, 0.2) is 12.3 Å². The number of aromatic nitrogens is 2. The molecule has 1 aromatic heterocycles. The number of hydrogen-bond acceptors (Lipinski definition) is 5. The lowest BCUT2D eigenvalue weighted by molar-refractivity contribution is -0.135. The minimum Gasteiger partial charge on any atom is -0.380 e. The maximum absolute atomic E-state index is 12.8. The molecule has 2 fully saturated rings. The van der Waals surface area contributed by atoms with Gasteiger partial charge in [0.15, 0.2) is 5.82 Å². The van der Waals surface area contributed by atoms with Gasteiger partial charge in [-0.3, -0.25) is 9.48 Å². The highest BCUT2D eigenvalue weighted by molar-refractivity contribution is 5.95. The van der Waals surface area contributed by atoms with Gasteiger partial charge in [-0.1, -0.05) is 0 Å². The molecule has 3 rings (SSSR count). The van der Waals surface area contributed by atoms with Crippen LogP contribution < -0.4 is 10.6 Å². The first-order chi connectivity index (χ1) is 10.6. The Morgan fingerprint density at radius 3 is 3.32 bits per heavy atom. The number of nitrogens with one attached hydrogen (secondary N) is 2. The standard InChI is InChI=1S/C15H25N5O2/c1-19(2)6-7-20-5-3-13(18-20)17-14(21)15-10-16-9-12(15)4-8-22-11-15/h3,5,12,16H,4,6-11H2,1-2H3,(H,17,18,21)/t12-,15+/m1/s1. The predicted molar refractivity (Wildman–Crippen MR) is 83.6 cm³/mol. The topological polar surface area (TPSA) is 71.4 Å². The summed E-state index contributed by atoms with van der Waals surface area (Å²) in [5.74, 6) is 1.01. The zero-order valence-corrected chi connectivity index (χ0v) is 13.3. The van der Waals surface area contributed by atoms with Crippen molar-refractivity contribution in [2.24, 2.45) is 11.3 Å². The van der Waals surface area contributed by atoms with Crippen LogP contribution in [0, 0.1) is 11.3 Å². The second kappa shape index (κ2) is 6.36. The third-order valence-corrected chi connectivity index (χ3v) is 4.69. The Labute approximate surface area is 131 Å². The van der Waals surface area contributed by atoms with Gasteiger partial charge in [0.25, 0.3) is 0 Å². The van der Waals surface area contributed by atoms with Gasteiger partial charge in [0.2, 0.25) is 5.91 Å². The molecule has 2 N–H and O–H groups in total. The molecule has 3 heterocycles. The monoisotopic (exact) mass is 307 g/mol. The summed E-state index contributed by atoms with van der Waals surface area (Å²) in [5, 5.41) is 10.7. The van der Waals surface area contributed by atoms with E-state index in [1.165, 1.54) is 0 Å². The average Bonchev–Trinajstić information content (AvgIpc) is 3.11. The lowest BCUT2D eigenvalue weighted by Gasteiger charge is -2.36. The van der Waals surface area contributed by atoms with Crippen LogP contribution >= 0.6 is 0 Å². The van der Waals surface area contributed by atoms with E-state index in [1.807, 2.05) is 31.0 Å². The fourth-order valence-electron chi connectivity index (χ4n) is 3.26. The van der Waals surface area contributed by atoms with E-state index in [4.69, 9.17) is 4.74 Å². The number of amides is 1. The van der Waals surface area contributed by atoms with Gasteiger partial charge in [0, 0.05) is 32.0 Å². The van der Waals surface area contributed by atoms with Crippen molar-refractivity contribution in [3.63, 3.8) is 0 Å². The second-order valence-electron chi connectivity index (χ2n) is 6.55. The number of fused-ring (bicyclic) bond motifs is 1. The summed E-state index contributed by atoms with van der Waals surface area (Å²) in [4.78, 5) is 14.9. The molecule has 0 unspecified atom stereocenters. The third kappa shape index (κ3) is 3.02. The Hall–Kier alpha value is -1.44. The molecule has 0 saturated carbocycles. The zero-order chi connectivity index (χ0) is 15.6. The fraction of sp³-hybridized carbons (Fsp3) is 0.733. The maximum atomic E-state index is 12.8. The molecule has 0 radical (unpaired) electrons. The van der Waals surface area contributed by atoms with Crippen molar-refractivity contribution in [3.05, 3.63) is 12.3 Å². The smallest absolute Gasteiger partial charge is 0.235 e. The molecule has 1 amide bonds. The quantitative estimate of drug-likeness (QED) is 0.802. The van der Waals surface area contributed by atoms with Crippen LogP contribution in [0.2, 0.25) is 0 Å². The Morgan fingerprint density at radius 2 is 2.50 bits per heavy atom. The fourth-order valence-corrected chi connectivity index (χ4v) is 3.26. The summed E-state index contributed by atoms with van der Waals surface area (Å²) < 4.78 is 7.44. The summed E-state index contributed by atoms with van der Waals surface area (Å²) in [6.07, 6.45) is 2.84. The van der Waals surface area contributed by atoms with E-state index < -0.39 is 5.41 Å². The first-order valence-corrected chi connectivity index (χ1v) is 7.88. The molecule has 22 heavy (non-hydrogen) atoms. The molecule has 1 aromatic rings.